The number of nitrogens with one attached hydrogen (secondary N) is 1. The van der Waals surface area contributed by atoms with Crippen molar-refractivity contribution in [1.82, 2.24) is 0 Å². The Hall–Kier alpha value is -1.61. The van der Waals surface area contributed by atoms with Gasteiger partial charge in [0.2, 0.25) is 15.9 Å². The smallest absolute Gasteiger partial charge is 0.235 e. The molecule has 2 saturated heterocycles. The molecule has 0 aromatic heterocycles. The zero-order valence-corrected chi connectivity index (χ0v) is 14.1. The first-order valence-electron chi connectivity index (χ1n) is 7.39. The van der Waals surface area contributed by atoms with E-state index >= 15 is 0 Å². The predicted molar refractivity (Wildman–Crippen MR) is 87.6 cm³/mol. The van der Waals surface area contributed by atoms with E-state index in [9.17, 15) is 21.6 Å². The number of carbonyl (C=O) groups is 1. The lowest BCUT2D eigenvalue weighted by Gasteiger charge is -2.17. The van der Waals surface area contributed by atoms with Crippen molar-refractivity contribution in [1.29, 1.82) is 0 Å². The number of sulfone groups is 1. The molecule has 1 aromatic rings. The molecule has 126 valence electrons. The van der Waals surface area contributed by atoms with Crippen molar-refractivity contribution in [3.05, 3.63) is 24.3 Å². The van der Waals surface area contributed by atoms with Gasteiger partial charge in [-0.2, -0.15) is 0 Å². The third-order valence-corrected chi connectivity index (χ3v) is 7.76. The zero-order chi connectivity index (χ0) is 16.7. The molecule has 3 rings (SSSR count). The van der Waals surface area contributed by atoms with Gasteiger partial charge in [0.1, 0.15) is 0 Å². The fourth-order valence-electron chi connectivity index (χ4n) is 2.89. The van der Waals surface area contributed by atoms with Crippen molar-refractivity contribution in [2.45, 2.75) is 12.8 Å². The SMILES string of the molecule is O=C(Nc1ccc(N2CCCS2(=O)=O)cc1)[C@H]1CCS(=O)(=O)C1. The summed E-state index contributed by atoms with van der Waals surface area (Å²) in [6.07, 6.45) is 0.954. The predicted octanol–water partition coefficient (Wildman–Crippen LogP) is 0.600. The van der Waals surface area contributed by atoms with E-state index in [2.05, 4.69) is 5.32 Å². The topological polar surface area (TPSA) is 101 Å². The Morgan fingerprint density at radius 3 is 2.30 bits per heavy atom. The van der Waals surface area contributed by atoms with Crippen LogP contribution in [0.1, 0.15) is 12.8 Å². The summed E-state index contributed by atoms with van der Waals surface area (Å²) in [5.41, 5.74) is 1.10. The molecule has 1 N–H and O–H groups in total. The second kappa shape index (κ2) is 5.79. The molecule has 2 aliphatic rings. The van der Waals surface area contributed by atoms with Crippen LogP contribution < -0.4 is 9.62 Å². The van der Waals surface area contributed by atoms with Crippen molar-refractivity contribution in [3.8, 4) is 0 Å². The Balaban J connectivity index is 1.67. The van der Waals surface area contributed by atoms with E-state index in [-0.39, 0.29) is 23.2 Å². The van der Waals surface area contributed by atoms with Gasteiger partial charge in [-0.15, -0.1) is 0 Å². The summed E-state index contributed by atoms with van der Waals surface area (Å²) >= 11 is 0. The van der Waals surface area contributed by atoms with Gasteiger partial charge < -0.3 is 5.32 Å². The van der Waals surface area contributed by atoms with Crippen molar-refractivity contribution < 1.29 is 21.6 Å². The van der Waals surface area contributed by atoms with Crippen LogP contribution in [0.15, 0.2) is 24.3 Å². The molecule has 0 bridgehead atoms. The van der Waals surface area contributed by atoms with Crippen LogP contribution in [-0.2, 0) is 24.7 Å². The van der Waals surface area contributed by atoms with Crippen LogP contribution in [0.3, 0.4) is 0 Å². The van der Waals surface area contributed by atoms with Crippen LogP contribution in [-0.4, -0.2) is 46.5 Å². The molecular weight excluding hydrogens is 340 g/mol. The Kier molecular flexibility index (Phi) is 4.09. The van der Waals surface area contributed by atoms with E-state index < -0.39 is 25.8 Å². The number of hydrogen-bond acceptors (Lipinski definition) is 5. The van der Waals surface area contributed by atoms with Gasteiger partial charge in [0, 0.05) is 12.2 Å². The summed E-state index contributed by atoms with van der Waals surface area (Å²) in [6, 6.07) is 6.54. The molecule has 0 spiro atoms. The van der Waals surface area contributed by atoms with Crippen molar-refractivity contribution in [2.24, 2.45) is 5.92 Å². The van der Waals surface area contributed by atoms with Gasteiger partial charge in [-0.3, -0.25) is 9.10 Å². The van der Waals surface area contributed by atoms with E-state index in [1.54, 1.807) is 24.3 Å². The lowest BCUT2D eigenvalue weighted by Crippen LogP contribution is -2.25. The quantitative estimate of drug-likeness (QED) is 0.853. The average Bonchev–Trinajstić information content (AvgIpc) is 3.01. The second-order valence-electron chi connectivity index (χ2n) is 5.88. The van der Waals surface area contributed by atoms with Crippen molar-refractivity contribution in [3.63, 3.8) is 0 Å². The van der Waals surface area contributed by atoms with Gasteiger partial charge in [0.15, 0.2) is 9.84 Å². The van der Waals surface area contributed by atoms with Crippen LogP contribution >= 0.6 is 0 Å². The van der Waals surface area contributed by atoms with E-state index in [1.165, 1.54) is 4.31 Å². The van der Waals surface area contributed by atoms with E-state index in [4.69, 9.17) is 0 Å². The molecule has 1 atom stereocenters. The monoisotopic (exact) mass is 358 g/mol. The Morgan fingerprint density at radius 1 is 1.09 bits per heavy atom. The van der Waals surface area contributed by atoms with Crippen LogP contribution in [0.25, 0.3) is 0 Å². The Bertz CT molecular complexity index is 815. The van der Waals surface area contributed by atoms with E-state index in [1.807, 2.05) is 0 Å². The van der Waals surface area contributed by atoms with Crippen molar-refractivity contribution in [2.75, 3.05) is 33.4 Å². The first-order chi connectivity index (χ1) is 10.8. The lowest BCUT2D eigenvalue weighted by molar-refractivity contribution is -0.119. The number of amides is 1. The number of nitrogens with zero attached hydrogens (tertiary/aromatic N) is 1. The molecule has 2 heterocycles. The van der Waals surface area contributed by atoms with Gasteiger partial charge in [-0.25, -0.2) is 16.8 Å². The maximum absolute atomic E-state index is 12.1. The molecular formula is C14H18N2O5S2. The largest absolute Gasteiger partial charge is 0.326 e. The minimum Gasteiger partial charge on any atom is -0.326 e. The highest BCUT2D eigenvalue weighted by Gasteiger charge is 2.33. The maximum atomic E-state index is 12.1. The average molecular weight is 358 g/mol. The molecule has 9 heteroatoms. The first-order valence-corrected chi connectivity index (χ1v) is 10.8. The normalized spacial score (nSPS) is 25.4. The molecule has 0 radical (unpaired) electrons. The Morgan fingerprint density at radius 2 is 1.78 bits per heavy atom. The second-order valence-corrected chi connectivity index (χ2v) is 10.1. The number of carbonyl (C=O) groups excluding carboxylic acids is 1. The summed E-state index contributed by atoms with van der Waals surface area (Å²) in [5.74, 6) is -0.729. The molecule has 0 saturated carbocycles. The van der Waals surface area contributed by atoms with E-state index in [0.29, 0.717) is 30.8 Å². The number of hydrogen-bond donors (Lipinski definition) is 1. The zero-order valence-electron chi connectivity index (χ0n) is 12.4. The molecule has 2 aliphatic heterocycles. The standard InChI is InChI=1S/C14H18N2O5S2/c17-14(11-6-9-22(18,19)10-11)15-12-2-4-13(5-3-12)16-7-1-8-23(16,20)21/h2-5,11H,1,6-10H2,(H,15,17)/t11-/m0/s1. The van der Waals surface area contributed by atoms with Gasteiger partial charge in [-0.05, 0) is 37.1 Å². The Labute approximate surface area is 135 Å². The molecule has 0 aliphatic carbocycles. The third kappa shape index (κ3) is 3.50. The highest BCUT2D eigenvalue weighted by molar-refractivity contribution is 7.93. The summed E-state index contributed by atoms with van der Waals surface area (Å²) in [7, 11) is -6.32. The number of rotatable bonds is 3. The van der Waals surface area contributed by atoms with E-state index in [0.717, 1.165) is 0 Å². The summed E-state index contributed by atoms with van der Waals surface area (Å²) in [6.45, 7) is 0.466. The van der Waals surface area contributed by atoms with Crippen molar-refractivity contribution >= 4 is 37.1 Å². The molecule has 23 heavy (non-hydrogen) atoms. The van der Waals surface area contributed by atoms with Gasteiger partial charge in [-0.1, -0.05) is 0 Å². The molecule has 7 nitrogen and oxygen atoms in total. The minimum absolute atomic E-state index is 0.0524. The summed E-state index contributed by atoms with van der Waals surface area (Å²) < 4.78 is 47.9. The van der Waals surface area contributed by atoms with Crippen LogP contribution in [0.2, 0.25) is 0 Å². The molecule has 1 amide bonds. The highest BCUT2D eigenvalue weighted by Crippen LogP contribution is 2.26. The van der Waals surface area contributed by atoms with Crippen LogP contribution in [0.4, 0.5) is 11.4 Å². The fraction of sp³-hybridized carbons (Fsp3) is 0.500. The van der Waals surface area contributed by atoms with Crippen LogP contribution in [0.5, 0.6) is 0 Å². The maximum Gasteiger partial charge on any atom is 0.235 e. The highest BCUT2D eigenvalue weighted by atomic mass is 32.2. The first kappa shape index (κ1) is 16.3. The minimum atomic E-state index is -3.22. The number of sulfonamides is 1. The van der Waals surface area contributed by atoms with Gasteiger partial charge in [0.05, 0.1) is 28.9 Å². The third-order valence-electron chi connectivity index (χ3n) is 4.13. The molecule has 1 aromatic carbocycles. The molecule has 2 fully saturated rings. The summed E-state index contributed by atoms with van der Waals surface area (Å²) in [4.78, 5) is 12.1. The summed E-state index contributed by atoms with van der Waals surface area (Å²) in [5, 5.41) is 2.69. The number of anilines is 2. The van der Waals surface area contributed by atoms with Crippen LogP contribution in [0, 0.1) is 5.92 Å². The van der Waals surface area contributed by atoms with Gasteiger partial charge in [0.25, 0.3) is 0 Å². The molecule has 0 unspecified atom stereocenters. The fourth-order valence-corrected chi connectivity index (χ4v) is 6.19. The lowest BCUT2D eigenvalue weighted by atomic mass is 10.1. The van der Waals surface area contributed by atoms with Gasteiger partial charge >= 0.3 is 0 Å². The number of benzene rings is 1.